The van der Waals surface area contributed by atoms with E-state index in [1.807, 2.05) is 0 Å². The average Bonchev–Trinajstić information content (AvgIpc) is 3.28. The predicted octanol–water partition coefficient (Wildman–Crippen LogP) is 4.58. The van der Waals surface area contributed by atoms with Crippen LogP contribution in [0.5, 0.6) is 0 Å². The number of likely N-dealkylation sites (tertiary alicyclic amines) is 2. The van der Waals surface area contributed by atoms with Gasteiger partial charge >= 0.3 is 18.5 Å². The molecule has 0 aliphatic carbocycles. The van der Waals surface area contributed by atoms with Crippen LogP contribution >= 0.6 is 0 Å². The zero-order valence-corrected chi connectivity index (χ0v) is 18.9. The molecule has 0 aromatic heterocycles. The van der Waals surface area contributed by atoms with Crippen molar-refractivity contribution in [1.82, 2.24) is 15.1 Å². The highest BCUT2D eigenvalue weighted by atomic mass is 19.4. The maximum Gasteiger partial charge on any atom is 0.416 e. The molecule has 0 saturated carbocycles. The van der Waals surface area contributed by atoms with Gasteiger partial charge in [0.1, 0.15) is 0 Å². The first kappa shape index (κ1) is 28.1. The van der Waals surface area contributed by atoms with Crippen LogP contribution in [-0.2, 0) is 17.1 Å². The standard InChI is InChI=1S/C22H24F9N3O2/c23-20(24,25)15-3-6-34(11-15)18(35)12-33-4-1-13(2-5-33)10-32-19(36)14-7-16(21(26,27)28)9-17(8-14)22(29,30)31/h7-9,13,15H,1-6,10-12H2,(H,32,36). The Labute approximate surface area is 200 Å². The van der Waals surface area contributed by atoms with Gasteiger partial charge in [-0.2, -0.15) is 39.5 Å². The second-order valence-corrected chi connectivity index (χ2v) is 9.09. The van der Waals surface area contributed by atoms with Gasteiger partial charge in [-0.25, -0.2) is 0 Å². The topological polar surface area (TPSA) is 52.7 Å². The van der Waals surface area contributed by atoms with Crippen molar-refractivity contribution in [3.8, 4) is 0 Å². The number of carbonyl (C=O) groups excluding carboxylic acids is 2. The third-order valence-electron chi connectivity index (χ3n) is 6.47. The molecule has 0 radical (unpaired) electrons. The van der Waals surface area contributed by atoms with Crippen LogP contribution in [0, 0.1) is 11.8 Å². The number of piperidine rings is 1. The summed E-state index contributed by atoms with van der Waals surface area (Å²) in [6.45, 7) is 0.453. The molecule has 3 rings (SSSR count). The smallest absolute Gasteiger partial charge is 0.352 e. The van der Waals surface area contributed by atoms with Gasteiger partial charge in [-0.3, -0.25) is 14.5 Å². The van der Waals surface area contributed by atoms with Gasteiger partial charge < -0.3 is 10.2 Å². The number of hydrogen-bond acceptors (Lipinski definition) is 3. The molecule has 0 bridgehead atoms. The zero-order valence-electron chi connectivity index (χ0n) is 18.9. The van der Waals surface area contributed by atoms with E-state index < -0.39 is 53.0 Å². The van der Waals surface area contributed by atoms with E-state index in [9.17, 15) is 49.1 Å². The molecule has 14 heteroatoms. The molecule has 1 aromatic carbocycles. The third-order valence-corrected chi connectivity index (χ3v) is 6.47. The Morgan fingerprint density at radius 3 is 1.86 bits per heavy atom. The predicted molar refractivity (Wildman–Crippen MR) is 109 cm³/mol. The maximum absolute atomic E-state index is 13.0. The Hall–Kier alpha value is -2.51. The van der Waals surface area contributed by atoms with Crippen LogP contribution in [0.15, 0.2) is 18.2 Å². The first-order chi connectivity index (χ1) is 16.5. The minimum Gasteiger partial charge on any atom is -0.352 e. The summed E-state index contributed by atoms with van der Waals surface area (Å²) >= 11 is 0. The number of alkyl halides is 9. The summed E-state index contributed by atoms with van der Waals surface area (Å²) in [6, 6.07) is 0.667. The first-order valence-electron chi connectivity index (χ1n) is 11.2. The molecule has 202 valence electrons. The van der Waals surface area contributed by atoms with Crippen LogP contribution in [0.2, 0.25) is 0 Å². The highest BCUT2D eigenvalue weighted by Gasteiger charge is 2.44. The number of benzene rings is 1. The minimum absolute atomic E-state index is 0.0115. The van der Waals surface area contributed by atoms with Gasteiger partial charge in [-0.05, 0) is 56.5 Å². The van der Waals surface area contributed by atoms with E-state index in [2.05, 4.69) is 5.32 Å². The second kappa shape index (κ2) is 10.5. The molecule has 2 heterocycles. The van der Waals surface area contributed by atoms with Gasteiger partial charge in [0.15, 0.2) is 0 Å². The summed E-state index contributed by atoms with van der Waals surface area (Å²) in [5.41, 5.74) is -3.93. The quantitative estimate of drug-likeness (QED) is 0.565. The second-order valence-electron chi connectivity index (χ2n) is 9.09. The number of halogens is 9. The molecule has 1 N–H and O–H groups in total. The molecular formula is C22H24F9N3O2. The largest absolute Gasteiger partial charge is 0.416 e. The maximum atomic E-state index is 13.0. The van der Waals surface area contributed by atoms with Crippen LogP contribution in [0.25, 0.3) is 0 Å². The zero-order chi connectivity index (χ0) is 26.9. The minimum atomic E-state index is -5.07. The lowest BCUT2D eigenvalue weighted by Gasteiger charge is -2.32. The van der Waals surface area contributed by atoms with Gasteiger partial charge in [0.25, 0.3) is 5.91 Å². The third kappa shape index (κ3) is 7.26. The van der Waals surface area contributed by atoms with Crippen molar-refractivity contribution < 1.29 is 49.1 Å². The molecule has 2 aliphatic rings. The molecule has 2 aliphatic heterocycles. The van der Waals surface area contributed by atoms with Crippen molar-refractivity contribution in [3.05, 3.63) is 34.9 Å². The number of carbonyl (C=O) groups is 2. The molecule has 0 spiro atoms. The lowest BCUT2D eigenvalue weighted by atomic mass is 9.96. The summed E-state index contributed by atoms with van der Waals surface area (Å²) in [5, 5.41) is 2.37. The van der Waals surface area contributed by atoms with Crippen molar-refractivity contribution in [3.63, 3.8) is 0 Å². The molecule has 1 aromatic rings. The molecule has 1 unspecified atom stereocenters. The summed E-state index contributed by atoms with van der Waals surface area (Å²) < 4.78 is 116. The molecule has 2 amide bonds. The summed E-state index contributed by atoms with van der Waals surface area (Å²) in [6.07, 6.45) is -13.6. The normalized spacial score (nSPS) is 20.6. The van der Waals surface area contributed by atoms with Crippen molar-refractivity contribution in [2.45, 2.75) is 37.8 Å². The van der Waals surface area contributed by atoms with Gasteiger partial charge in [-0.1, -0.05) is 0 Å². The number of amides is 2. The highest BCUT2D eigenvalue weighted by molar-refractivity contribution is 5.94. The van der Waals surface area contributed by atoms with Crippen molar-refractivity contribution in [2.24, 2.45) is 11.8 Å². The Morgan fingerprint density at radius 2 is 1.39 bits per heavy atom. The Balaban J connectivity index is 1.49. The van der Waals surface area contributed by atoms with E-state index in [1.165, 1.54) is 4.90 Å². The van der Waals surface area contributed by atoms with Gasteiger partial charge in [0, 0.05) is 25.2 Å². The van der Waals surface area contributed by atoms with Crippen molar-refractivity contribution in [2.75, 3.05) is 39.3 Å². The number of rotatable bonds is 5. The van der Waals surface area contributed by atoms with E-state index in [-0.39, 0.29) is 44.6 Å². The Kier molecular flexibility index (Phi) is 8.16. The van der Waals surface area contributed by atoms with Crippen LogP contribution < -0.4 is 5.32 Å². The molecule has 36 heavy (non-hydrogen) atoms. The van der Waals surface area contributed by atoms with Gasteiger partial charge in [0.2, 0.25) is 5.91 Å². The van der Waals surface area contributed by atoms with E-state index in [0.717, 1.165) is 0 Å². The monoisotopic (exact) mass is 533 g/mol. The number of nitrogens with one attached hydrogen (secondary N) is 1. The fourth-order valence-corrected chi connectivity index (χ4v) is 4.32. The number of nitrogens with zero attached hydrogens (tertiary/aromatic N) is 2. The van der Waals surface area contributed by atoms with Crippen molar-refractivity contribution in [1.29, 1.82) is 0 Å². The van der Waals surface area contributed by atoms with E-state index in [4.69, 9.17) is 0 Å². The van der Waals surface area contributed by atoms with E-state index >= 15 is 0 Å². The SMILES string of the molecule is O=C(NCC1CCN(CC(=O)N2CCC(C(F)(F)F)C2)CC1)c1cc(C(F)(F)F)cc(C(F)(F)F)c1. The molecule has 2 saturated heterocycles. The van der Waals surface area contributed by atoms with Gasteiger partial charge in [-0.15, -0.1) is 0 Å². The first-order valence-corrected chi connectivity index (χ1v) is 11.2. The average molecular weight is 533 g/mol. The van der Waals surface area contributed by atoms with Crippen LogP contribution in [0.1, 0.15) is 40.7 Å². The Bertz CT molecular complexity index is 919. The fraction of sp³-hybridized carbons (Fsp3) is 0.636. The summed E-state index contributed by atoms with van der Waals surface area (Å²) in [5.74, 6) is -3.13. The lowest BCUT2D eigenvalue weighted by Crippen LogP contribution is -2.44. The van der Waals surface area contributed by atoms with Crippen molar-refractivity contribution >= 4 is 11.8 Å². The van der Waals surface area contributed by atoms with Crippen LogP contribution in [-0.4, -0.2) is 67.1 Å². The summed E-state index contributed by atoms with van der Waals surface area (Å²) in [4.78, 5) is 27.6. The highest BCUT2D eigenvalue weighted by Crippen LogP contribution is 2.36. The van der Waals surface area contributed by atoms with Crippen LogP contribution in [0.3, 0.4) is 0 Å². The fourth-order valence-electron chi connectivity index (χ4n) is 4.32. The van der Waals surface area contributed by atoms with Gasteiger partial charge in [0.05, 0.1) is 23.6 Å². The molecule has 2 fully saturated rings. The number of hydrogen-bond donors (Lipinski definition) is 1. The molecular weight excluding hydrogens is 509 g/mol. The molecule has 5 nitrogen and oxygen atoms in total. The lowest BCUT2D eigenvalue weighted by molar-refractivity contribution is -0.171. The van der Waals surface area contributed by atoms with E-state index in [1.54, 1.807) is 4.90 Å². The molecule has 1 atom stereocenters. The Morgan fingerprint density at radius 1 is 0.833 bits per heavy atom. The van der Waals surface area contributed by atoms with E-state index in [0.29, 0.717) is 38.1 Å². The van der Waals surface area contributed by atoms with Crippen LogP contribution in [0.4, 0.5) is 39.5 Å². The summed E-state index contributed by atoms with van der Waals surface area (Å²) in [7, 11) is 0.